The minimum Gasteiger partial charge on any atom is -0.342 e. The summed E-state index contributed by atoms with van der Waals surface area (Å²) in [6, 6.07) is -0.00969. The van der Waals surface area contributed by atoms with Gasteiger partial charge in [0.15, 0.2) is 0 Å². The van der Waals surface area contributed by atoms with Gasteiger partial charge in [0.05, 0.1) is 11.2 Å². The van der Waals surface area contributed by atoms with Crippen molar-refractivity contribution in [1.29, 1.82) is 0 Å². The molecule has 0 aromatic carbocycles. The Kier molecular flexibility index (Phi) is 9.05. The molecule has 1 fully saturated rings. The quantitative estimate of drug-likeness (QED) is 0.736. The first-order valence-electron chi connectivity index (χ1n) is 8.23. The normalized spacial score (nSPS) is 17.2. The summed E-state index contributed by atoms with van der Waals surface area (Å²) in [4.78, 5) is 14.6. The number of piperidine rings is 1. The number of sulfonamides is 1. The Morgan fingerprint density at radius 2 is 1.70 bits per heavy atom. The van der Waals surface area contributed by atoms with Crippen molar-refractivity contribution in [3.05, 3.63) is 0 Å². The molecule has 6 nitrogen and oxygen atoms in total. The van der Waals surface area contributed by atoms with E-state index in [0.29, 0.717) is 32.5 Å². The van der Waals surface area contributed by atoms with Crippen molar-refractivity contribution in [2.24, 2.45) is 11.1 Å². The molecule has 0 unspecified atom stereocenters. The molecule has 0 aromatic rings. The first kappa shape index (κ1) is 22.6. The molecule has 1 aliphatic heterocycles. The van der Waals surface area contributed by atoms with Crippen LogP contribution in [0.2, 0.25) is 0 Å². The summed E-state index contributed by atoms with van der Waals surface area (Å²) in [7, 11) is -1.53. The molecule has 1 rings (SSSR count). The summed E-state index contributed by atoms with van der Waals surface area (Å²) >= 11 is 0. The molecule has 1 amide bonds. The molecular weight excluding hydrogens is 338 g/mol. The van der Waals surface area contributed by atoms with Crippen LogP contribution in [0, 0.1) is 5.41 Å². The van der Waals surface area contributed by atoms with Gasteiger partial charge in [-0.05, 0) is 32.6 Å². The van der Waals surface area contributed by atoms with Crippen molar-refractivity contribution < 1.29 is 13.2 Å². The van der Waals surface area contributed by atoms with Gasteiger partial charge in [-0.25, -0.2) is 12.7 Å². The van der Waals surface area contributed by atoms with E-state index in [2.05, 4.69) is 0 Å². The van der Waals surface area contributed by atoms with Crippen LogP contribution in [0.15, 0.2) is 0 Å². The second kappa shape index (κ2) is 9.20. The topological polar surface area (TPSA) is 83.7 Å². The fraction of sp³-hybridized carbons (Fsp3) is 0.933. The van der Waals surface area contributed by atoms with Crippen LogP contribution in [-0.4, -0.2) is 62.0 Å². The zero-order valence-electron chi connectivity index (χ0n) is 14.7. The maximum atomic E-state index is 12.8. The largest absolute Gasteiger partial charge is 0.342 e. The SMILES string of the molecule is CCC(CC)(CN)C(=O)N1CCC(N(C)S(=O)(=O)CC)CC1.Cl. The first-order valence-corrected chi connectivity index (χ1v) is 9.84. The van der Waals surface area contributed by atoms with Crippen LogP contribution in [0.1, 0.15) is 46.5 Å². The summed E-state index contributed by atoms with van der Waals surface area (Å²) in [6.45, 7) is 7.24. The predicted octanol–water partition coefficient (Wildman–Crippen LogP) is 1.45. The van der Waals surface area contributed by atoms with Crippen molar-refractivity contribution in [3.63, 3.8) is 0 Å². The van der Waals surface area contributed by atoms with Gasteiger partial charge in [-0.15, -0.1) is 12.4 Å². The Bertz CT molecular complexity index is 464. The zero-order chi connectivity index (χ0) is 17.0. The number of nitrogens with zero attached hydrogens (tertiary/aromatic N) is 2. The molecule has 1 aliphatic rings. The van der Waals surface area contributed by atoms with Crippen molar-refractivity contribution in [1.82, 2.24) is 9.21 Å². The van der Waals surface area contributed by atoms with Crippen LogP contribution in [0.5, 0.6) is 0 Å². The molecule has 0 bridgehead atoms. The van der Waals surface area contributed by atoms with E-state index in [-0.39, 0.29) is 30.1 Å². The number of hydrogen-bond acceptors (Lipinski definition) is 4. The van der Waals surface area contributed by atoms with E-state index in [9.17, 15) is 13.2 Å². The van der Waals surface area contributed by atoms with Crippen LogP contribution in [0.25, 0.3) is 0 Å². The van der Waals surface area contributed by atoms with E-state index in [1.165, 1.54) is 4.31 Å². The lowest BCUT2D eigenvalue weighted by atomic mass is 9.80. The fourth-order valence-corrected chi connectivity index (χ4v) is 4.20. The molecule has 0 spiro atoms. The molecule has 0 saturated carbocycles. The van der Waals surface area contributed by atoms with E-state index >= 15 is 0 Å². The van der Waals surface area contributed by atoms with Gasteiger partial charge in [-0.3, -0.25) is 4.79 Å². The number of amides is 1. The van der Waals surface area contributed by atoms with E-state index in [0.717, 1.165) is 12.8 Å². The average molecular weight is 370 g/mol. The molecule has 2 N–H and O–H groups in total. The van der Waals surface area contributed by atoms with Gasteiger partial charge in [0, 0.05) is 32.7 Å². The highest BCUT2D eigenvalue weighted by molar-refractivity contribution is 7.89. The molecule has 0 atom stereocenters. The van der Waals surface area contributed by atoms with Crippen LogP contribution < -0.4 is 5.73 Å². The van der Waals surface area contributed by atoms with Crippen molar-refractivity contribution in [2.75, 3.05) is 32.4 Å². The van der Waals surface area contributed by atoms with Gasteiger partial charge >= 0.3 is 0 Å². The van der Waals surface area contributed by atoms with Crippen LogP contribution in [0.3, 0.4) is 0 Å². The summed E-state index contributed by atoms with van der Waals surface area (Å²) < 4.78 is 25.4. The molecule has 0 aromatic heterocycles. The lowest BCUT2D eigenvalue weighted by Gasteiger charge is -2.40. The Morgan fingerprint density at radius 1 is 1.22 bits per heavy atom. The van der Waals surface area contributed by atoms with Gasteiger partial charge in [0.1, 0.15) is 0 Å². The van der Waals surface area contributed by atoms with Crippen LogP contribution in [-0.2, 0) is 14.8 Å². The van der Waals surface area contributed by atoms with E-state index in [4.69, 9.17) is 5.73 Å². The third-order valence-corrected chi connectivity index (χ3v) is 7.17. The van der Waals surface area contributed by atoms with Gasteiger partial charge in [0.2, 0.25) is 15.9 Å². The number of hydrogen-bond donors (Lipinski definition) is 1. The maximum Gasteiger partial charge on any atom is 0.230 e. The van der Waals surface area contributed by atoms with Crippen LogP contribution in [0.4, 0.5) is 0 Å². The van der Waals surface area contributed by atoms with E-state index in [1.807, 2.05) is 18.7 Å². The zero-order valence-corrected chi connectivity index (χ0v) is 16.4. The van der Waals surface area contributed by atoms with Gasteiger partial charge < -0.3 is 10.6 Å². The minimum absolute atomic E-state index is 0. The van der Waals surface area contributed by atoms with Gasteiger partial charge in [0.25, 0.3) is 0 Å². The highest BCUT2D eigenvalue weighted by atomic mass is 35.5. The Balaban J connectivity index is 0.00000484. The average Bonchev–Trinajstić information content (AvgIpc) is 2.56. The summed E-state index contributed by atoms with van der Waals surface area (Å²) in [5.41, 5.74) is 5.39. The molecule has 138 valence electrons. The fourth-order valence-electron chi connectivity index (χ4n) is 3.13. The van der Waals surface area contributed by atoms with Crippen LogP contribution >= 0.6 is 12.4 Å². The minimum atomic E-state index is -3.17. The molecule has 0 radical (unpaired) electrons. The summed E-state index contributed by atoms with van der Waals surface area (Å²) in [6.07, 6.45) is 2.86. The number of halogens is 1. The predicted molar refractivity (Wildman–Crippen MR) is 96.1 cm³/mol. The number of carbonyl (C=O) groups is 1. The smallest absolute Gasteiger partial charge is 0.230 e. The lowest BCUT2D eigenvalue weighted by Crippen LogP contribution is -2.53. The van der Waals surface area contributed by atoms with Crippen molar-refractivity contribution in [2.45, 2.75) is 52.5 Å². The third kappa shape index (κ3) is 4.81. The first-order chi connectivity index (χ1) is 10.3. The lowest BCUT2D eigenvalue weighted by molar-refractivity contribution is -0.143. The summed E-state index contributed by atoms with van der Waals surface area (Å²) in [5, 5.41) is 0. The molecular formula is C15H32ClN3O3S. The van der Waals surface area contributed by atoms with Crippen molar-refractivity contribution in [3.8, 4) is 0 Å². The van der Waals surface area contributed by atoms with E-state index < -0.39 is 15.4 Å². The Labute approximate surface area is 147 Å². The van der Waals surface area contributed by atoms with Crippen molar-refractivity contribution >= 4 is 28.3 Å². The monoisotopic (exact) mass is 369 g/mol. The second-order valence-corrected chi connectivity index (χ2v) is 8.45. The Hall–Kier alpha value is -0.370. The standard InChI is InChI=1S/C15H31N3O3S.ClH/c1-5-15(6-2,12-16)14(19)18-10-8-13(9-11-18)17(4)22(20,21)7-3;/h13H,5-12,16H2,1-4H3;1H. The number of likely N-dealkylation sites (tertiary alicyclic amines) is 1. The number of carbonyl (C=O) groups excluding carboxylic acids is 1. The molecule has 23 heavy (non-hydrogen) atoms. The summed E-state index contributed by atoms with van der Waals surface area (Å²) in [5.74, 6) is 0.240. The number of nitrogens with two attached hydrogens (primary N) is 1. The highest BCUT2D eigenvalue weighted by Gasteiger charge is 2.39. The Morgan fingerprint density at radius 3 is 2.04 bits per heavy atom. The van der Waals surface area contributed by atoms with Gasteiger partial charge in [-0.2, -0.15) is 0 Å². The van der Waals surface area contributed by atoms with Gasteiger partial charge in [-0.1, -0.05) is 13.8 Å². The maximum absolute atomic E-state index is 12.8. The molecule has 1 saturated heterocycles. The third-order valence-electron chi connectivity index (χ3n) is 5.27. The highest BCUT2D eigenvalue weighted by Crippen LogP contribution is 2.30. The number of rotatable bonds is 7. The molecule has 8 heteroatoms. The molecule has 1 heterocycles. The second-order valence-electron chi connectivity index (χ2n) is 6.13. The molecule has 0 aliphatic carbocycles. The van der Waals surface area contributed by atoms with E-state index in [1.54, 1.807) is 14.0 Å².